The summed E-state index contributed by atoms with van der Waals surface area (Å²) in [5.74, 6) is 0. The molecule has 12 aromatic rings. The minimum Gasteiger partial charge on any atom is -0.309 e. The molecule has 64 heavy (non-hydrogen) atoms. The molecule has 0 fully saturated rings. The van der Waals surface area contributed by atoms with Crippen molar-refractivity contribution in [3.05, 3.63) is 275 Å². The molecule has 0 amide bonds. The fraction of sp³-hybridized carbons (Fsp3) is 0.0323. The summed E-state index contributed by atoms with van der Waals surface area (Å²) in [5, 5.41) is 5.06. The molecule has 0 unspecified atom stereocenters. The molecule has 296 valence electrons. The summed E-state index contributed by atoms with van der Waals surface area (Å²) < 4.78 is 4.91. The zero-order chi connectivity index (χ0) is 41.7. The summed E-state index contributed by atoms with van der Waals surface area (Å²) in [5.41, 5.74) is 22.2. The van der Waals surface area contributed by atoms with E-state index in [1.807, 2.05) is 0 Å². The first-order chi connectivity index (χ1) is 31.8. The topological polar surface area (TPSA) is 9.86 Å². The molecule has 2 heterocycles. The van der Waals surface area contributed by atoms with Crippen molar-refractivity contribution in [1.82, 2.24) is 9.13 Å². The first-order valence-electron chi connectivity index (χ1n) is 22.4. The lowest BCUT2D eigenvalue weighted by Crippen LogP contribution is -2.43. The average molecular weight is 811 g/mol. The molecular formula is C62H38N2. The minimum atomic E-state index is -0.563. The van der Waals surface area contributed by atoms with Crippen LogP contribution >= 0.6 is 0 Å². The Hall–Kier alpha value is -8.20. The van der Waals surface area contributed by atoms with Gasteiger partial charge in [0.05, 0.1) is 32.9 Å². The number of nitrogens with zero attached hydrogens (tertiary/aromatic N) is 2. The van der Waals surface area contributed by atoms with Gasteiger partial charge in [0.25, 0.3) is 0 Å². The largest absolute Gasteiger partial charge is 0.309 e. The van der Waals surface area contributed by atoms with Gasteiger partial charge in [-0.15, -0.1) is 0 Å². The van der Waals surface area contributed by atoms with Gasteiger partial charge in [-0.05, 0) is 121 Å². The maximum Gasteiger partial charge on any atom is 0.0720 e. The first-order valence-corrected chi connectivity index (χ1v) is 22.4. The molecule has 0 atom stereocenters. The van der Waals surface area contributed by atoms with Crippen LogP contribution in [0.25, 0.3) is 77.2 Å². The molecule has 2 spiro atoms. The fourth-order valence-corrected chi connectivity index (χ4v) is 12.9. The van der Waals surface area contributed by atoms with Crippen molar-refractivity contribution in [3.8, 4) is 33.6 Å². The van der Waals surface area contributed by atoms with Crippen molar-refractivity contribution in [2.24, 2.45) is 0 Å². The van der Waals surface area contributed by atoms with Crippen molar-refractivity contribution < 1.29 is 0 Å². The maximum atomic E-state index is 2.56. The van der Waals surface area contributed by atoms with Crippen molar-refractivity contribution >= 4 is 43.6 Å². The number of para-hydroxylation sites is 3. The van der Waals surface area contributed by atoms with E-state index in [0.29, 0.717) is 0 Å². The van der Waals surface area contributed by atoms with E-state index in [2.05, 4.69) is 240 Å². The summed E-state index contributed by atoms with van der Waals surface area (Å²) in [6, 6.07) is 87.0. The highest BCUT2D eigenvalue weighted by Crippen LogP contribution is 2.67. The smallest absolute Gasteiger partial charge is 0.0720 e. The Morgan fingerprint density at radius 1 is 0.219 bits per heavy atom. The predicted molar refractivity (Wildman–Crippen MR) is 263 cm³/mol. The molecule has 10 aromatic carbocycles. The van der Waals surface area contributed by atoms with Crippen LogP contribution in [0.3, 0.4) is 0 Å². The van der Waals surface area contributed by atoms with Crippen molar-refractivity contribution in [1.29, 1.82) is 0 Å². The highest BCUT2D eigenvalue weighted by molar-refractivity contribution is 6.13. The van der Waals surface area contributed by atoms with Crippen LogP contribution in [0.2, 0.25) is 0 Å². The Kier molecular flexibility index (Phi) is 6.58. The number of aromatic nitrogens is 2. The number of fused-ring (bicyclic) bond motifs is 22. The lowest BCUT2D eigenvalue weighted by Gasteiger charge is -2.48. The third-order valence-corrected chi connectivity index (χ3v) is 15.2. The normalized spacial score (nSPS) is 14.5. The van der Waals surface area contributed by atoms with E-state index in [1.165, 1.54) is 110 Å². The monoisotopic (exact) mass is 810 g/mol. The predicted octanol–water partition coefficient (Wildman–Crippen LogP) is 14.9. The second-order valence-electron chi connectivity index (χ2n) is 17.9. The molecule has 3 aliphatic rings. The van der Waals surface area contributed by atoms with E-state index in [-0.39, 0.29) is 0 Å². The molecule has 0 radical (unpaired) electrons. The van der Waals surface area contributed by atoms with Gasteiger partial charge in [-0.25, -0.2) is 0 Å². The quantitative estimate of drug-likeness (QED) is 0.165. The molecule has 3 aliphatic carbocycles. The molecule has 2 aromatic heterocycles. The molecule has 0 bridgehead atoms. The molecule has 0 N–H and O–H groups in total. The van der Waals surface area contributed by atoms with E-state index in [1.54, 1.807) is 0 Å². The maximum absolute atomic E-state index is 2.56. The van der Waals surface area contributed by atoms with E-state index in [4.69, 9.17) is 0 Å². The average Bonchev–Trinajstić information content (AvgIpc) is 4.06. The van der Waals surface area contributed by atoms with Gasteiger partial charge < -0.3 is 9.13 Å². The van der Waals surface area contributed by atoms with Gasteiger partial charge >= 0.3 is 0 Å². The highest BCUT2D eigenvalue weighted by atomic mass is 15.0. The Morgan fingerprint density at radius 3 is 0.969 bits per heavy atom. The lowest BCUT2D eigenvalue weighted by atomic mass is 9.52. The third-order valence-electron chi connectivity index (χ3n) is 15.2. The van der Waals surface area contributed by atoms with E-state index in [0.717, 1.165) is 11.4 Å². The van der Waals surface area contributed by atoms with Crippen molar-refractivity contribution in [2.75, 3.05) is 0 Å². The van der Waals surface area contributed by atoms with Gasteiger partial charge in [0.1, 0.15) is 0 Å². The van der Waals surface area contributed by atoms with Crippen LogP contribution in [0, 0.1) is 0 Å². The number of hydrogen-bond donors (Lipinski definition) is 0. The molecule has 0 saturated carbocycles. The van der Waals surface area contributed by atoms with Crippen LogP contribution in [-0.2, 0) is 10.8 Å². The van der Waals surface area contributed by atoms with Gasteiger partial charge in [-0.2, -0.15) is 0 Å². The highest BCUT2D eigenvalue weighted by Gasteiger charge is 2.59. The van der Waals surface area contributed by atoms with Gasteiger partial charge in [-0.1, -0.05) is 176 Å². The Bertz CT molecular complexity index is 3820. The van der Waals surface area contributed by atoms with E-state index >= 15 is 0 Å². The van der Waals surface area contributed by atoms with Crippen LogP contribution < -0.4 is 0 Å². The lowest BCUT2D eigenvalue weighted by molar-refractivity contribution is 0.633. The molecule has 2 nitrogen and oxygen atoms in total. The second-order valence-corrected chi connectivity index (χ2v) is 17.9. The second kappa shape index (κ2) is 12.2. The summed E-state index contributed by atoms with van der Waals surface area (Å²) in [6.07, 6.45) is 0. The van der Waals surface area contributed by atoms with E-state index in [9.17, 15) is 0 Å². The fourth-order valence-electron chi connectivity index (χ4n) is 12.9. The van der Waals surface area contributed by atoms with Gasteiger partial charge in [-0.3, -0.25) is 0 Å². The standard InChI is InChI=1S/C62H38N2/c1-7-23-49-41(17-1)42-18-2-8-24-50(42)61(49)52-26-10-12-28-54(52)62(55-29-13-11-27-53(55)61)51-25-9-3-19-43(51)47-37-48-46-22-6-16-32-59(46)64(60(48)38-56(47)62)40-35-33-39(34-36-40)63-57-30-14-4-20-44(57)45-21-5-15-31-58(45)63/h1-38H. The van der Waals surface area contributed by atoms with Crippen molar-refractivity contribution in [2.45, 2.75) is 10.8 Å². The summed E-state index contributed by atoms with van der Waals surface area (Å²) >= 11 is 0. The third kappa shape index (κ3) is 3.99. The van der Waals surface area contributed by atoms with Crippen LogP contribution in [0.5, 0.6) is 0 Å². The summed E-state index contributed by atoms with van der Waals surface area (Å²) in [7, 11) is 0. The van der Waals surface area contributed by atoms with Crippen molar-refractivity contribution in [3.63, 3.8) is 0 Å². The Balaban J connectivity index is 1.02. The Labute approximate surface area is 370 Å². The molecule has 0 saturated heterocycles. The number of benzene rings is 10. The minimum absolute atomic E-state index is 0.472. The molecule has 0 aliphatic heterocycles. The van der Waals surface area contributed by atoms with E-state index < -0.39 is 10.8 Å². The van der Waals surface area contributed by atoms with Gasteiger partial charge in [0.2, 0.25) is 0 Å². The zero-order valence-corrected chi connectivity index (χ0v) is 34.8. The van der Waals surface area contributed by atoms with Crippen LogP contribution in [0.4, 0.5) is 0 Å². The first kappa shape index (κ1) is 34.4. The SMILES string of the molecule is c1ccc2c(c1)-c1ccccc1C21c2ccccc2C2(c3ccccc3-c3cc4c5ccccc5n(-c5ccc(-n6c7ccccc7c7ccccc76)cc5)c4cc32)c2ccccc21. The Morgan fingerprint density at radius 2 is 0.531 bits per heavy atom. The number of hydrogen-bond acceptors (Lipinski definition) is 0. The van der Waals surface area contributed by atoms with Crippen LogP contribution in [0.15, 0.2) is 231 Å². The van der Waals surface area contributed by atoms with Crippen LogP contribution in [0.1, 0.15) is 44.5 Å². The summed E-state index contributed by atoms with van der Waals surface area (Å²) in [6.45, 7) is 0. The van der Waals surface area contributed by atoms with Crippen LogP contribution in [-0.4, -0.2) is 9.13 Å². The zero-order valence-electron chi connectivity index (χ0n) is 34.8. The summed E-state index contributed by atoms with van der Waals surface area (Å²) in [4.78, 5) is 0. The van der Waals surface area contributed by atoms with Gasteiger partial charge in [0.15, 0.2) is 0 Å². The molecular weight excluding hydrogens is 773 g/mol. The van der Waals surface area contributed by atoms with Gasteiger partial charge in [0, 0.05) is 32.9 Å². The molecule has 2 heteroatoms. The number of rotatable bonds is 2. The molecule has 15 rings (SSSR count).